The van der Waals surface area contributed by atoms with E-state index in [2.05, 4.69) is 0 Å². The molecule has 1 heterocycles. The molecule has 0 aliphatic carbocycles. The Morgan fingerprint density at radius 1 is 1.60 bits per heavy atom. The standard InChI is InChI=1S/C10H17N3O5S2/c1-4-12(7(2)6-18-3)20(16,17)9-5-8(13(14)15)10(11)19-9/h5,7H,4,6,11H2,1-3H3. The monoisotopic (exact) mass is 323 g/mol. The largest absolute Gasteiger partial charge is 0.385 e. The van der Waals surface area contributed by atoms with Crippen molar-refractivity contribution in [1.82, 2.24) is 4.31 Å². The van der Waals surface area contributed by atoms with Crippen molar-refractivity contribution in [2.75, 3.05) is 26.0 Å². The molecule has 0 saturated heterocycles. The lowest BCUT2D eigenvalue weighted by Crippen LogP contribution is -2.40. The van der Waals surface area contributed by atoms with Crippen molar-refractivity contribution in [1.29, 1.82) is 0 Å². The number of hydrogen-bond acceptors (Lipinski definition) is 7. The highest BCUT2D eigenvalue weighted by molar-refractivity contribution is 7.91. The summed E-state index contributed by atoms with van der Waals surface area (Å²) in [7, 11) is -2.34. The van der Waals surface area contributed by atoms with Crippen LogP contribution in [0.5, 0.6) is 0 Å². The first-order valence-electron chi connectivity index (χ1n) is 5.80. The first-order valence-corrected chi connectivity index (χ1v) is 8.05. The maximum Gasteiger partial charge on any atom is 0.304 e. The molecule has 0 aromatic carbocycles. The van der Waals surface area contributed by atoms with E-state index in [9.17, 15) is 18.5 Å². The molecule has 1 aromatic heterocycles. The number of nitrogens with zero attached hydrogens (tertiary/aromatic N) is 2. The Bertz CT molecular complexity index is 584. The molecule has 0 spiro atoms. The number of nitrogens with two attached hydrogens (primary N) is 1. The van der Waals surface area contributed by atoms with Gasteiger partial charge < -0.3 is 10.5 Å². The Kier molecular flexibility index (Phi) is 5.45. The number of nitrogen functional groups attached to an aromatic ring is 1. The Balaban J connectivity index is 3.21. The van der Waals surface area contributed by atoms with E-state index in [1.165, 1.54) is 11.4 Å². The van der Waals surface area contributed by atoms with Crippen molar-refractivity contribution >= 4 is 32.0 Å². The molecule has 114 valence electrons. The second kappa shape index (κ2) is 6.48. The van der Waals surface area contributed by atoms with Crippen LogP contribution in [0.1, 0.15) is 13.8 Å². The molecule has 0 aliphatic rings. The Morgan fingerprint density at radius 2 is 2.20 bits per heavy atom. The van der Waals surface area contributed by atoms with E-state index in [1.54, 1.807) is 13.8 Å². The molecular weight excluding hydrogens is 306 g/mol. The lowest BCUT2D eigenvalue weighted by atomic mass is 10.4. The first-order chi connectivity index (χ1) is 9.25. The van der Waals surface area contributed by atoms with Gasteiger partial charge >= 0.3 is 5.69 Å². The van der Waals surface area contributed by atoms with E-state index in [4.69, 9.17) is 10.5 Å². The van der Waals surface area contributed by atoms with E-state index in [1.807, 2.05) is 0 Å². The van der Waals surface area contributed by atoms with E-state index >= 15 is 0 Å². The number of likely N-dealkylation sites (N-methyl/N-ethyl adjacent to an activating group) is 1. The highest BCUT2D eigenvalue weighted by Gasteiger charge is 2.32. The molecular formula is C10H17N3O5S2. The molecule has 10 heteroatoms. The number of methoxy groups -OCH3 is 1. The van der Waals surface area contributed by atoms with Crippen LogP contribution in [-0.4, -0.2) is 43.9 Å². The summed E-state index contributed by atoms with van der Waals surface area (Å²) in [4.78, 5) is 10.0. The Morgan fingerprint density at radius 3 is 2.60 bits per heavy atom. The zero-order chi connectivity index (χ0) is 15.5. The van der Waals surface area contributed by atoms with E-state index in [0.29, 0.717) is 11.3 Å². The van der Waals surface area contributed by atoms with E-state index in [0.717, 1.165) is 6.07 Å². The summed E-state index contributed by atoms with van der Waals surface area (Å²) in [6, 6.07) is 0.620. The first kappa shape index (κ1) is 16.8. The molecule has 0 aliphatic heterocycles. The molecule has 0 saturated carbocycles. The van der Waals surface area contributed by atoms with Crippen LogP contribution in [0.25, 0.3) is 0 Å². The van der Waals surface area contributed by atoms with Gasteiger partial charge in [-0.15, -0.1) is 0 Å². The van der Waals surface area contributed by atoms with Crippen LogP contribution in [-0.2, 0) is 14.8 Å². The van der Waals surface area contributed by atoms with Crippen molar-refractivity contribution < 1.29 is 18.1 Å². The number of anilines is 1. The van der Waals surface area contributed by atoms with Crippen molar-refractivity contribution in [2.24, 2.45) is 0 Å². The summed E-state index contributed by atoms with van der Waals surface area (Å²) in [5.74, 6) is 0. The van der Waals surface area contributed by atoms with Gasteiger partial charge in [-0.3, -0.25) is 10.1 Å². The molecule has 1 rings (SSSR count). The maximum absolute atomic E-state index is 12.5. The molecule has 0 fully saturated rings. The molecule has 2 N–H and O–H groups in total. The summed E-state index contributed by atoms with van der Waals surface area (Å²) in [6.07, 6.45) is 0. The molecule has 20 heavy (non-hydrogen) atoms. The van der Waals surface area contributed by atoms with Crippen LogP contribution >= 0.6 is 11.3 Å². The molecule has 0 bridgehead atoms. The SMILES string of the molecule is CCN(C(C)COC)S(=O)(=O)c1cc([N+](=O)[O-])c(N)s1. The summed E-state index contributed by atoms with van der Waals surface area (Å²) in [5, 5.41) is 10.6. The zero-order valence-electron chi connectivity index (χ0n) is 11.4. The Hall–Kier alpha value is -1.23. The van der Waals surface area contributed by atoms with Gasteiger partial charge in [0.25, 0.3) is 10.0 Å². The fourth-order valence-electron chi connectivity index (χ4n) is 1.80. The molecule has 8 nitrogen and oxygen atoms in total. The summed E-state index contributed by atoms with van der Waals surface area (Å²) in [6.45, 7) is 3.86. The number of ether oxygens (including phenoxy) is 1. The average Bonchev–Trinajstić information content (AvgIpc) is 2.73. The lowest BCUT2D eigenvalue weighted by Gasteiger charge is -2.25. The van der Waals surface area contributed by atoms with Crippen LogP contribution in [0.15, 0.2) is 10.3 Å². The summed E-state index contributed by atoms with van der Waals surface area (Å²) in [5.41, 5.74) is 5.10. The number of thiophene rings is 1. The molecule has 1 atom stereocenters. The smallest absolute Gasteiger partial charge is 0.304 e. The van der Waals surface area contributed by atoms with E-state index < -0.39 is 14.9 Å². The molecule has 0 radical (unpaired) electrons. The maximum atomic E-state index is 12.5. The summed E-state index contributed by atoms with van der Waals surface area (Å²) >= 11 is 0.694. The number of hydrogen-bond donors (Lipinski definition) is 1. The lowest BCUT2D eigenvalue weighted by molar-refractivity contribution is -0.383. The predicted molar refractivity (Wildman–Crippen MR) is 76.3 cm³/mol. The van der Waals surface area contributed by atoms with Gasteiger partial charge in [0.1, 0.15) is 4.21 Å². The summed E-state index contributed by atoms with van der Waals surface area (Å²) < 4.78 is 31.0. The highest BCUT2D eigenvalue weighted by Crippen LogP contribution is 2.36. The van der Waals surface area contributed by atoms with Crippen molar-refractivity contribution in [2.45, 2.75) is 24.1 Å². The van der Waals surface area contributed by atoms with Gasteiger partial charge in [0.2, 0.25) is 0 Å². The minimum absolute atomic E-state index is 0.121. The number of rotatable bonds is 7. The number of sulfonamides is 1. The van der Waals surface area contributed by atoms with Gasteiger partial charge in [0.05, 0.1) is 11.5 Å². The minimum atomic E-state index is -3.82. The van der Waals surface area contributed by atoms with Gasteiger partial charge in [-0.2, -0.15) is 4.31 Å². The topological polar surface area (TPSA) is 116 Å². The van der Waals surface area contributed by atoms with Gasteiger partial charge in [0.15, 0.2) is 5.00 Å². The van der Waals surface area contributed by atoms with Crippen LogP contribution in [0.2, 0.25) is 0 Å². The van der Waals surface area contributed by atoms with Gasteiger partial charge in [0, 0.05) is 25.8 Å². The van der Waals surface area contributed by atoms with Gasteiger partial charge in [-0.1, -0.05) is 18.3 Å². The van der Waals surface area contributed by atoms with Crippen molar-refractivity contribution in [3.05, 3.63) is 16.2 Å². The Labute approximate surface area is 121 Å². The van der Waals surface area contributed by atoms with Crippen molar-refractivity contribution in [3.63, 3.8) is 0 Å². The highest BCUT2D eigenvalue weighted by atomic mass is 32.2. The van der Waals surface area contributed by atoms with Crippen molar-refractivity contribution in [3.8, 4) is 0 Å². The second-order valence-corrected chi connectivity index (χ2v) is 7.29. The van der Waals surface area contributed by atoms with Gasteiger partial charge in [-0.05, 0) is 6.92 Å². The quantitative estimate of drug-likeness (QED) is 0.597. The third kappa shape index (κ3) is 3.26. The second-order valence-electron chi connectivity index (χ2n) is 4.08. The van der Waals surface area contributed by atoms with Gasteiger partial charge in [-0.25, -0.2) is 8.42 Å². The van der Waals surface area contributed by atoms with Crippen LogP contribution in [0.4, 0.5) is 10.7 Å². The third-order valence-electron chi connectivity index (χ3n) is 2.69. The molecule has 1 unspecified atom stereocenters. The van der Waals surface area contributed by atoms with E-state index in [-0.39, 0.29) is 34.1 Å². The zero-order valence-corrected chi connectivity index (χ0v) is 13.0. The normalized spacial score (nSPS) is 13.6. The van der Waals surface area contributed by atoms with Crippen LogP contribution in [0.3, 0.4) is 0 Å². The predicted octanol–water partition coefficient (Wildman–Crippen LogP) is 1.28. The van der Waals surface area contributed by atoms with Crippen LogP contribution in [0, 0.1) is 10.1 Å². The molecule has 1 aromatic rings. The fourth-order valence-corrected chi connectivity index (χ4v) is 4.77. The molecule has 0 amide bonds. The third-order valence-corrected chi connectivity index (χ3v) is 6.18. The van der Waals surface area contributed by atoms with Crippen LogP contribution < -0.4 is 5.73 Å². The average molecular weight is 323 g/mol. The fraction of sp³-hybridized carbons (Fsp3) is 0.600. The number of nitro groups is 1. The minimum Gasteiger partial charge on any atom is -0.385 e.